The van der Waals surface area contributed by atoms with E-state index in [0.29, 0.717) is 24.4 Å². The summed E-state index contributed by atoms with van der Waals surface area (Å²) in [5.74, 6) is 0.993. The third-order valence-electron chi connectivity index (χ3n) is 7.08. The van der Waals surface area contributed by atoms with E-state index in [1.54, 1.807) is 6.08 Å². The van der Waals surface area contributed by atoms with Gasteiger partial charge in [-0.2, -0.15) is 0 Å². The van der Waals surface area contributed by atoms with E-state index >= 15 is 0 Å². The Morgan fingerprint density at radius 1 is 1.23 bits per heavy atom. The molecule has 2 aromatic rings. The lowest BCUT2D eigenvalue weighted by Crippen LogP contribution is -2.49. The number of likely N-dealkylation sites (tertiary alicyclic amines) is 2. The zero-order chi connectivity index (χ0) is 22.1. The summed E-state index contributed by atoms with van der Waals surface area (Å²) in [5.41, 5.74) is 5.53. The second-order valence-electron chi connectivity index (χ2n) is 8.78. The van der Waals surface area contributed by atoms with Crippen LogP contribution in [0.5, 0.6) is 5.75 Å². The summed E-state index contributed by atoms with van der Waals surface area (Å²) < 4.78 is 5.79. The molecular weight excluding hydrogens is 386 g/mol. The van der Waals surface area contributed by atoms with Crippen LogP contribution >= 0.6 is 0 Å². The number of rotatable bonds is 7. The molecule has 1 amide bonds. The van der Waals surface area contributed by atoms with Gasteiger partial charge >= 0.3 is 0 Å². The van der Waals surface area contributed by atoms with Crippen molar-refractivity contribution in [3.05, 3.63) is 71.1 Å². The van der Waals surface area contributed by atoms with E-state index in [2.05, 4.69) is 56.3 Å². The highest BCUT2D eigenvalue weighted by atomic mass is 16.5. The maximum atomic E-state index is 13.0. The Morgan fingerprint density at radius 3 is 2.65 bits per heavy atom. The first-order valence-electron chi connectivity index (χ1n) is 11.3. The van der Waals surface area contributed by atoms with E-state index in [1.165, 1.54) is 16.7 Å². The van der Waals surface area contributed by atoms with Gasteiger partial charge < -0.3 is 9.64 Å². The number of pyridine rings is 1. The van der Waals surface area contributed by atoms with E-state index in [4.69, 9.17) is 4.74 Å². The largest absolute Gasteiger partial charge is 0.489 e. The summed E-state index contributed by atoms with van der Waals surface area (Å²) in [6.45, 7) is 14.6. The average molecular weight is 420 g/mol. The molecule has 0 spiro atoms. The van der Waals surface area contributed by atoms with E-state index in [9.17, 15) is 4.79 Å². The van der Waals surface area contributed by atoms with Crippen molar-refractivity contribution in [1.29, 1.82) is 0 Å². The lowest BCUT2D eigenvalue weighted by atomic mass is 9.96. The summed E-state index contributed by atoms with van der Waals surface area (Å²) in [5, 5.41) is 0. The third-order valence-corrected chi connectivity index (χ3v) is 7.08. The number of amides is 1. The molecule has 2 saturated heterocycles. The normalized spacial score (nSPS) is 21.4. The molecule has 0 radical (unpaired) electrons. The Balaban J connectivity index is 1.45. The molecule has 1 aromatic carbocycles. The van der Waals surface area contributed by atoms with Gasteiger partial charge in [0.15, 0.2) is 0 Å². The van der Waals surface area contributed by atoms with Crippen molar-refractivity contribution in [3.63, 3.8) is 0 Å². The van der Waals surface area contributed by atoms with Gasteiger partial charge in [0.05, 0.1) is 0 Å². The van der Waals surface area contributed by atoms with Gasteiger partial charge in [-0.05, 0) is 68.0 Å². The van der Waals surface area contributed by atoms with Crippen molar-refractivity contribution in [3.8, 4) is 5.75 Å². The molecule has 3 heterocycles. The molecule has 2 fully saturated rings. The number of hydrogen-bond donors (Lipinski definition) is 0. The van der Waals surface area contributed by atoms with Crippen LogP contribution in [0.25, 0.3) is 0 Å². The first-order chi connectivity index (χ1) is 14.9. The monoisotopic (exact) mass is 419 g/mol. The van der Waals surface area contributed by atoms with Crippen LogP contribution in [0, 0.1) is 13.8 Å². The van der Waals surface area contributed by atoms with Gasteiger partial charge in [0.1, 0.15) is 18.1 Å². The van der Waals surface area contributed by atoms with Crippen molar-refractivity contribution in [2.75, 3.05) is 19.7 Å². The average Bonchev–Trinajstić information content (AvgIpc) is 3.40. The number of fused-ring (bicyclic) bond motifs is 2. The van der Waals surface area contributed by atoms with Gasteiger partial charge in [0.2, 0.25) is 0 Å². The van der Waals surface area contributed by atoms with Gasteiger partial charge in [-0.15, -0.1) is 0 Å². The van der Waals surface area contributed by atoms with Gasteiger partial charge in [0.25, 0.3) is 5.91 Å². The summed E-state index contributed by atoms with van der Waals surface area (Å²) in [7, 11) is 0. The fraction of sp³-hybridized carbons (Fsp3) is 0.462. The number of aryl methyl sites for hydroxylation is 1. The van der Waals surface area contributed by atoms with Gasteiger partial charge in [-0.1, -0.05) is 31.7 Å². The number of carbonyl (C=O) groups is 1. The number of nitrogens with zero attached hydrogens (tertiary/aromatic N) is 3. The number of aromatic nitrogens is 1. The van der Waals surface area contributed by atoms with Crippen LogP contribution < -0.4 is 4.74 Å². The number of piperazine rings is 1. The van der Waals surface area contributed by atoms with Gasteiger partial charge in [-0.3, -0.25) is 14.7 Å². The van der Waals surface area contributed by atoms with E-state index < -0.39 is 0 Å². The van der Waals surface area contributed by atoms with Gasteiger partial charge in [-0.25, -0.2) is 0 Å². The van der Waals surface area contributed by atoms with E-state index in [0.717, 1.165) is 37.2 Å². The fourth-order valence-corrected chi connectivity index (χ4v) is 5.08. The summed E-state index contributed by atoms with van der Waals surface area (Å²) in [6, 6.07) is 9.12. The smallest absolute Gasteiger partial charge is 0.272 e. The van der Waals surface area contributed by atoms with Crippen LogP contribution in [0.15, 0.2) is 43.1 Å². The molecule has 5 heteroatoms. The molecule has 0 aliphatic carbocycles. The van der Waals surface area contributed by atoms with Crippen LogP contribution in [-0.4, -0.2) is 52.5 Å². The number of carbonyl (C=O) groups excluding carboxylic acids is 1. The maximum Gasteiger partial charge on any atom is 0.272 e. The third kappa shape index (κ3) is 3.99. The lowest BCUT2D eigenvalue weighted by molar-refractivity contribution is 0.0563. The molecule has 3 atom stereocenters. The predicted molar refractivity (Wildman–Crippen MR) is 124 cm³/mol. The summed E-state index contributed by atoms with van der Waals surface area (Å²) >= 11 is 0. The zero-order valence-corrected chi connectivity index (χ0v) is 19.1. The minimum absolute atomic E-state index is 0.0678. The molecule has 0 N–H and O–H groups in total. The first kappa shape index (κ1) is 21.6. The topological polar surface area (TPSA) is 45.7 Å². The quantitative estimate of drug-likeness (QED) is 0.621. The second kappa shape index (κ2) is 8.83. The minimum Gasteiger partial charge on any atom is -0.489 e. The van der Waals surface area contributed by atoms with Crippen LogP contribution in [0.4, 0.5) is 0 Å². The highest BCUT2D eigenvalue weighted by Crippen LogP contribution is 2.39. The standard InChI is InChI=1S/C26H33N3O2/c1-6-12-31-25-11-9-23(17(3)18(25)4)19(5)28-15-22-13-21(28)16-29(22)26(30)24-10-8-20(7-2)14-27-24/h6,8-11,14,19,21-22H,1,7,12-13,15-16H2,2-5H3/t19-,21-,22-/m0/s1. The Hall–Kier alpha value is -2.66. The Bertz CT molecular complexity index is 969. The van der Waals surface area contributed by atoms with Crippen molar-refractivity contribution in [2.45, 2.75) is 58.7 Å². The Morgan fingerprint density at radius 2 is 2.03 bits per heavy atom. The highest BCUT2D eigenvalue weighted by molar-refractivity contribution is 5.93. The molecule has 31 heavy (non-hydrogen) atoms. The number of benzene rings is 1. The predicted octanol–water partition coefficient (Wildman–Crippen LogP) is 4.49. The SMILES string of the molecule is C=CCOc1ccc([C@H](C)N2C[C@@H]3C[C@H]2CN3C(=O)c2ccc(CC)cn2)c(C)c1C. The van der Waals surface area contributed by atoms with Crippen molar-refractivity contribution in [2.24, 2.45) is 0 Å². The van der Waals surface area contributed by atoms with Crippen LogP contribution in [0.1, 0.15) is 59.1 Å². The molecule has 164 valence electrons. The van der Waals surface area contributed by atoms with Crippen LogP contribution in [0.2, 0.25) is 0 Å². The molecule has 2 bridgehead atoms. The molecule has 0 saturated carbocycles. The number of ether oxygens (including phenoxy) is 1. The second-order valence-corrected chi connectivity index (χ2v) is 8.78. The molecule has 2 aliphatic rings. The maximum absolute atomic E-state index is 13.0. The molecule has 4 rings (SSSR count). The van der Waals surface area contributed by atoms with Crippen molar-refractivity contribution >= 4 is 5.91 Å². The van der Waals surface area contributed by atoms with E-state index in [1.807, 2.05) is 23.2 Å². The summed E-state index contributed by atoms with van der Waals surface area (Å²) in [6.07, 6.45) is 5.57. The molecule has 1 aromatic heterocycles. The Labute approximate surface area is 185 Å². The van der Waals surface area contributed by atoms with Crippen LogP contribution in [-0.2, 0) is 6.42 Å². The Kier molecular flexibility index (Phi) is 6.15. The molecule has 2 aliphatic heterocycles. The molecule has 5 nitrogen and oxygen atoms in total. The lowest BCUT2D eigenvalue weighted by Gasteiger charge is -2.38. The zero-order valence-electron chi connectivity index (χ0n) is 19.1. The van der Waals surface area contributed by atoms with Crippen molar-refractivity contribution < 1.29 is 9.53 Å². The summed E-state index contributed by atoms with van der Waals surface area (Å²) in [4.78, 5) is 22.0. The van der Waals surface area contributed by atoms with Crippen LogP contribution in [0.3, 0.4) is 0 Å². The van der Waals surface area contributed by atoms with E-state index in [-0.39, 0.29) is 11.9 Å². The molecule has 0 unspecified atom stereocenters. The fourth-order valence-electron chi connectivity index (χ4n) is 5.08. The first-order valence-corrected chi connectivity index (χ1v) is 11.3. The minimum atomic E-state index is 0.0678. The highest BCUT2D eigenvalue weighted by Gasteiger charge is 2.47. The van der Waals surface area contributed by atoms with Crippen molar-refractivity contribution in [1.82, 2.24) is 14.8 Å². The van der Waals surface area contributed by atoms with Gasteiger partial charge in [0, 0.05) is 37.4 Å². The molecular formula is C26H33N3O2. The number of hydrogen-bond acceptors (Lipinski definition) is 4.